The number of aromatic amines is 1. The zero-order valence-corrected chi connectivity index (χ0v) is 11.1. The maximum Gasteiger partial charge on any atom is 0.280 e. The lowest BCUT2D eigenvalue weighted by Gasteiger charge is -2.18. The van der Waals surface area contributed by atoms with Crippen molar-refractivity contribution in [1.82, 2.24) is 19.5 Å². The molecule has 0 aliphatic rings. The van der Waals surface area contributed by atoms with E-state index in [1.54, 1.807) is 6.33 Å². The standard InChI is InChI=1S/C12H19N5O/c1-4-7-17-8-13-9-10(17)14-12(15-11(9)18)16(5-2)6-3/h8H,4-7H2,1-3H3,(H,14,15,18). The Bertz CT molecular complexity index is 582. The predicted octanol–water partition coefficient (Wildman–Crippen LogP) is 1.38. The first kappa shape index (κ1) is 12.6. The van der Waals surface area contributed by atoms with Crippen LogP contribution in [0.15, 0.2) is 11.1 Å². The predicted molar refractivity (Wildman–Crippen MR) is 72.0 cm³/mol. The second-order valence-corrected chi connectivity index (χ2v) is 4.17. The van der Waals surface area contributed by atoms with Crippen LogP contribution in [0.1, 0.15) is 27.2 Å². The van der Waals surface area contributed by atoms with Gasteiger partial charge in [0.2, 0.25) is 5.95 Å². The van der Waals surface area contributed by atoms with Gasteiger partial charge < -0.3 is 9.47 Å². The maximum atomic E-state index is 12.0. The maximum absolute atomic E-state index is 12.0. The van der Waals surface area contributed by atoms with Crippen LogP contribution in [0.2, 0.25) is 0 Å². The first-order chi connectivity index (χ1) is 8.71. The number of rotatable bonds is 5. The fourth-order valence-electron chi connectivity index (χ4n) is 2.02. The highest BCUT2D eigenvalue weighted by Crippen LogP contribution is 2.11. The van der Waals surface area contributed by atoms with Crippen molar-refractivity contribution in [1.29, 1.82) is 0 Å². The molecule has 0 aromatic carbocycles. The Balaban J connectivity index is 2.58. The molecule has 0 fully saturated rings. The lowest BCUT2D eigenvalue weighted by Crippen LogP contribution is -2.27. The molecule has 0 amide bonds. The van der Waals surface area contributed by atoms with Crippen molar-refractivity contribution in [3.63, 3.8) is 0 Å². The summed E-state index contributed by atoms with van der Waals surface area (Å²) in [5.74, 6) is 0.621. The average molecular weight is 249 g/mol. The molecule has 6 nitrogen and oxygen atoms in total. The monoisotopic (exact) mass is 249 g/mol. The molecule has 98 valence electrons. The number of anilines is 1. The minimum absolute atomic E-state index is 0.170. The smallest absolute Gasteiger partial charge is 0.280 e. The van der Waals surface area contributed by atoms with Crippen molar-refractivity contribution in [3.8, 4) is 0 Å². The van der Waals surface area contributed by atoms with Crippen LogP contribution < -0.4 is 10.5 Å². The Morgan fingerprint density at radius 3 is 2.67 bits per heavy atom. The van der Waals surface area contributed by atoms with Crippen LogP contribution in [-0.2, 0) is 6.54 Å². The van der Waals surface area contributed by atoms with Crippen LogP contribution in [0.25, 0.3) is 11.2 Å². The average Bonchev–Trinajstić information content (AvgIpc) is 2.75. The lowest BCUT2D eigenvalue weighted by atomic mass is 10.4. The van der Waals surface area contributed by atoms with Crippen LogP contribution in [0.5, 0.6) is 0 Å². The third-order valence-corrected chi connectivity index (χ3v) is 2.99. The topological polar surface area (TPSA) is 66.8 Å². The molecule has 0 saturated heterocycles. The highest BCUT2D eigenvalue weighted by molar-refractivity contribution is 5.70. The summed E-state index contributed by atoms with van der Waals surface area (Å²) in [5, 5.41) is 0. The number of fused-ring (bicyclic) bond motifs is 1. The molecule has 0 bridgehead atoms. The summed E-state index contributed by atoms with van der Waals surface area (Å²) in [4.78, 5) is 25.4. The summed E-state index contributed by atoms with van der Waals surface area (Å²) < 4.78 is 1.93. The van der Waals surface area contributed by atoms with Crippen LogP contribution in [0, 0.1) is 0 Å². The minimum Gasteiger partial charge on any atom is -0.343 e. The van der Waals surface area contributed by atoms with E-state index in [0.717, 1.165) is 26.1 Å². The first-order valence-electron chi connectivity index (χ1n) is 6.41. The number of nitrogens with one attached hydrogen (secondary N) is 1. The van der Waals surface area contributed by atoms with Crippen molar-refractivity contribution < 1.29 is 0 Å². The molecule has 2 heterocycles. The van der Waals surface area contributed by atoms with Gasteiger partial charge in [-0.05, 0) is 20.3 Å². The normalized spacial score (nSPS) is 11.1. The van der Waals surface area contributed by atoms with E-state index in [0.29, 0.717) is 17.1 Å². The Kier molecular flexibility index (Phi) is 3.64. The number of hydrogen-bond donors (Lipinski definition) is 1. The summed E-state index contributed by atoms with van der Waals surface area (Å²) >= 11 is 0. The molecule has 0 aliphatic carbocycles. The van der Waals surface area contributed by atoms with Gasteiger partial charge in [0.1, 0.15) is 0 Å². The number of nitrogens with zero attached hydrogens (tertiary/aromatic N) is 4. The molecule has 0 radical (unpaired) electrons. The van der Waals surface area contributed by atoms with Gasteiger partial charge in [-0.15, -0.1) is 0 Å². The fraction of sp³-hybridized carbons (Fsp3) is 0.583. The van der Waals surface area contributed by atoms with E-state index in [-0.39, 0.29) is 5.56 Å². The molecule has 0 atom stereocenters. The van der Waals surface area contributed by atoms with E-state index in [1.807, 2.05) is 23.3 Å². The van der Waals surface area contributed by atoms with Gasteiger partial charge in [0.15, 0.2) is 11.2 Å². The summed E-state index contributed by atoms with van der Waals surface area (Å²) in [7, 11) is 0. The first-order valence-corrected chi connectivity index (χ1v) is 6.41. The summed E-state index contributed by atoms with van der Waals surface area (Å²) in [6, 6.07) is 0. The molecule has 6 heteroatoms. The number of aromatic nitrogens is 4. The number of aryl methyl sites for hydroxylation is 1. The van der Waals surface area contributed by atoms with Gasteiger partial charge in [0.05, 0.1) is 6.33 Å². The Hall–Kier alpha value is -1.85. The van der Waals surface area contributed by atoms with Gasteiger partial charge in [-0.25, -0.2) is 4.98 Å². The van der Waals surface area contributed by atoms with Crippen LogP contribution in [0.4, 0.5) is 5.95 Å². The SMILES string of the molecule is CCCn1cnc2c(=O)[nH]c(N(CC)CC)nc21. The van der Waals surface area contributed by atoms with E-state index >= 15 is 0 Å². The lowest BCUT2D eigenvalue weighted by molar-refractivity contribution is 0.689. The van der Waals surface area contributed by atoms with Gasteiger partial charge in [-0.2, -0.15) is 4.98 Å². The Morgan fingerprint density at radius 2 is 2.06 bits per heavy atom. The van der Waals surface area contributed by atoms with Crippen molar-refractivity contribution in [2.75, 3.05) is 18.0 Å². The molecular weight excluding hydrogens is 230 g/mol. The summed E-state index contributed by atoms with van der Waals surface area (Å²) in [6.45, 7) is 8.61. The number of imidazole rings is 1. The molecule has 0 saturated carbocycles. The van der Waals surface area contributed by atoms with Crippen molar-refractivity contribution >= 4 is 17.1 Å². The third kappa shape index (κ3) is 2.10. The van der Waals surface area contributed by atoms with E-state index in [9.17, 15) is 4.79 Å². The van der Waals surface area contributed by atoms with Gasteiger partial charge in [-0.1, -0.05) is 6.92 Å². The highest BCUT2D eigenvalue weighted by Gasteiger charge is 2.12. The van der Waals surface area contributed by atoms with Crippen molar-refractivity contribution in [2.24, 2.45) is 0 Å². The highest BCUT2D eigenvalue weighted by atomic mass is 16.1. The van der Waals surface area contributed by atoms with Gasteiger partial charge in [0, 0.05) is 19.6 Å². The molecule has 2 aromatic heterocycles. The van der Waals surface area contributed by atoms with Gasteiger partial charge in [-0.3, -0.25) is 9.78 Å². The second kappa shape index (κ2) is 5.20. The second-order valence-electron chi connectivity index (χ2n) is 4.17. The molecule has 0 aliphatic heterocycles. The zero-order chi connectivity index (χ0) is 13.1. The summed E-state index contributed by atoms with van der Waals surface area (Å²) in [6.07, 6.45) is 2.67. The minimum atomic E-state index is -0.170. The van der Waals surface area contributed by atoms with Crippen LogP contribution >= 0.6 is 0 Å². The summed E-state index contributed by atoms with van der Waals surface area (Å²) in [5.41, 5.74) is 0.915. The van der Waals surface area contributed by atoms with Crippen LogP contribution in [0.3, 0.4) is 0 Å². The Morgan fingerprint density at radius 1 is 1.33 bits per heavy atom. The largest absolute Gasteiger partial charge is 0.343 e. The van der Waals surface area contributed by atoms with E-state index in [4.69, 9.17) is 0 Å². The molecule has 0 unspecified atom stereocenters. The fourth-order valence-corrected chi connectivity index (χ4v) is 2.02. The number of hydrogen-bond acceptors (Lipinski definition) is 4. The van der Waals surface area contributed by atoms with E-state index in [2.05, 4.69) is 21.9 Å². The molecule has 1 N–H and O–H groups in total. The molecule has 18 heavy (non-hydrogen) atoms. The van der Waals surface area contributed by atoms with E-state index in [1.165, 1.54) is 0 Å². The van der Waals surface area contributed by atoms with E-state index < -0.39 is 0 Å². The number of H-pyrrole nitrogens is 1. The van der Waals surface area contributed by atoms with Gasteiger partial charge >= 0.3 is 0 Å². The van der Waals surface area contributed by atoms with Crippen LogP contribution in [-0.4, -0.2) is 32.6 Å². The van der Waals surface area contributed by atoms with Crippen molar-refractivity contribution in [2.45, 2.75) is 33.7 Å². The third-order valence-electron chi connectivity index (χ3n) is 2.99. The molecular formula is C12H19N5O. The molecule has 2 aromatic rings. The van der Waals surface area contributed by atoms with Gasteiger partial charge in [0.25, 0.3) is 5.56 Å². The quantitative estimate of drug-likeness (QED) is 0.869. The zero-order valence-electron chi connectivity index (χ0n) is 11.1. The Labute approximate surface area is 106 Å². The van der Waals surface area contributed by atoms with Crippen molar-refractivity contribution in [3.05, 3.63) is 16.7 Å². The molecule has 0 spiro atoms. The molecule has 2 rings (SSSR count).